The first-order chi connectivity index (χ1) is 13.0. The Bertz CT molecular complexity index is 960. The molecule has 2 aromatic carbocycles. The van der Waals surface area contributed by atoms with Gasteiger partial charge in [-0.15, -0.1) is 0 Å². The van der Waals surface area contributed by atoms with Crippen LogP contribution in [0.25, 0.3) is 11.5 Å². The van der Waals surface area contributed by atoms with Crippen molar-refractivity contribution in [2.24, 2.45) is 0 Å². The number of oxazole rings is 1. The summed E-state index contributed by atoms with van der Waals surface area (Å²) in [5.74, 6) is 1.31. The molecule has 0 saturated heterocycles. The Labute approximate surface area is 161 Å². The standard InChI is InChI=1S/C21H22N2O3S/c1-4-22-20(24)16-7-9-17(10-8-16)21-23-19(15(3)26-21)13-27(25)18-11-5-14(2)6-12-18/h5-12H,4,13H2,1-3H3,(H,22,24)/t27-/m0/s1. The van der Waals surface area contributed by atoms with Gasteiger partial charge in [-0.3, -0.25) is 9.00 Å². The van der Waals surface area contributed by atoms with Gasteiger partial charge in [0, 0.05) is 22.6 Å². The summed E-state index contributed by atoms with van der Waals surface area (Å²) in [5.41, 5.74) is 3.17. The fourth-order valence-corrected chi connectivity index (χ4v) is 3.73. The zero-order valence-corrected chi connectivity index (χ0v) is 16.4. The normalized spacial score (nSPS) is 12.0. The second kappa shape index (κ2) is 8.31. The average molecular weight is 382 g/mol. The summed E-state index contributed by atoms with van der Waals surface area (Å²) in [6.07, 6.45) is 0. The van der Waals surface area contributed by atoms with E-state index in [-0.39, 0.29) is 5.91 Å². The molecule has 1 atom stereocenters. The third kappa shape index (κ3) is 4.52. The average Bonchev–Trinajstić information content (AvgIpc) is 3.03. The zero-order valence-electron chi connectivity index (χ0n) is 15.6. The fourth-order valence-electron chi connectivity index (χ4n) is 2.61. The SMILES string of the molecule is CCNC(=O)c1ccc(-c2nc(C[S@](=O)c3ccc(C)cc3)c(C)o2)cc1. The maximum Gasteiger partial charge on any atom is 0.251 e. The van der Waals surface area contributed by atoms with Gasteiger partial charge in [0.1, 0.15) is 5.76 Å². The van der Waals surface area contributed by atoms with Crippen LogP contribution in [0.5, 0.6) is 0 Å². The summed E-state index contributed by atoms with van der Waals surface area (Å²) >= 11 is 0. The summed E-state index contributed by atoms with van der Waals surface area (Å²) in [4.78, 5) is 17.1. The number of carbonyl (C=O) groups is 1. The number of amides is 1. The molecule has 27 heavy (non-hydrogen) atoms. The highest BCUT2D eigenvalue weighted by Crippen LogP contribution is 2.24. The van der Waals surface area contributed by atoms with Crippen LogP contribution in [0, 0.1) is 13.8 Å². The molecule has 1 N–H and O–H groups in total. The van der Waals surface area contributed by atoms with Crippen molar-refractivity contribution >= 4 is 16.7 Å². The first-order valence-corrected chi connectivity index (χ1v) is 10.1. The summed E-state index contributed by atoms with van der Waals surface area (Å²) in [6.45, 7) is 6.28. The minimum atomic E-state index is -1.18. The van der Waals surface area contributed by atoms with Crippen LogP contribution in [-0.4, -0.2) is 21.6 Å². The number of hydrogen-bond donors (Lipinski definition) is 1. The Kier molecular flexibility index (Phi) is 5.86. The monoisotopic (exact) mass is 382 g/mol. The number of hydrogen-bond acceptors (Lipinski definition) is 4. The van der Waals surface area contributed by atoms with E-state index in [2.05, 4.69) is 10.3 Å². The van der Waals surface area contributed by atoms with Gasteiger partial charge in [0.15, 0.2) is 0 Å². The molecule has 3 rings (SSSR count). The number of benzene rings is 2. The van der Waals surface area contributed by atoms with E-state index >= 15 is 0 Å². The molecule has 0 aliphatic carbocycles. The molecule has 0 unspecified atom stereocenters. The molecular weight excluding hydrogens is 360 g/mol. The van der Waals surface area contributed by atoms with E-state index in [0.717, 1.165) is 16.0 Å². The summed E-state index contributed by atoms with van der Waals surface area (Å²) in [6, 6.07) is 14.7. The smallest absolute Gasteiger partial charge is 0.251 e. The Morgan fingerprint density at radius 1 is 1.07 bits per heavy atom. The van der Waals surface area contributed by atoms with Crippen molar-refractivity contribution in [2.75, 3.05) is 6.54 Å². The predicted octanol–water partition coefficient (Wildman–Crippen LogP) is 4.02. The molecule has 0 aliphatic heterocycles. The molecule has 0 aliphatic rings. The summed E-state index contributed by atoms with van der Waals surface area (Å²) < 4.78 is 18.3. The van der Waals surface area contributed by atoms with Crippen molar-refractivity contribution < 1.29 is 13.4 Å². The number of carbonyl (C=O) groups excluding carboxylic acids is 1. The maximum atomic E-state index is 12.6. The summed E-state index contributed by atoms with van der Waals surface area (Å²) in [7, 11) is -1.18. The lowest BCUT2D eigenvalue weighted by atomic mass is 10.1. The van der Waals surface area contributed by atoms with Crippen molar-refractivity contribution in [1.29, 1.82) is 0 Å². The van der Waals surface area contributed by atoms with Gasteiger partial charge in [0.05, 0.1) is 22.2 Å². The summed E-state index contributed by atoms with van der Waals surface area (Å²) in [5, 5.41) is 2.76. The second-order valence-electron chi connectivity index (χ2n) is 6.26. The lowest BCUT2D eigenvalue weighted by Gasteiger charge is -2.02. The van der Waals surface area contributed by atoms with Crippen molar-refractivity contribution in [3.05, 3.63) is 71.1 Å². The van der Waals surface area contributed by atoms with Crippen molar-refractivity contribution in [1.82, 2.24) is 10.3 Å². The van der Waals surface area contributed by atoms with Crippen LogP contribution in [0.2, 0.25) is 0 Å². The lowest BCUT2D eigenvalue weighted by Crippen LogP contribution is -2.22. The van der Waals surface area contributed by atoms with Gasteiger partial charge in [-0.05, 0) is 57.2 Å². The first kappa shape index (κ1) is 19.0. The number of nitrogens with one attached hydrogen (secondary N) is 1. The van der Waals surface area contributed by atoms with Crippen LogP contribution in [0.3, 0.4) is 0 Å². The minimum Gasteiger partial charge on any atom is -0.441 e. The van der Waals surface area contributed by atoms with Crippen molar-refractivity contribution in [2.45, 2.75) is 31.4 Å². The Balaban J connectivity index is 1.77. The first-order valence-electron chi connectivity index (χ1n) is 8.78. The number of aromatic nitrogens is 1. The largest absolute Gasteiger partial charge is 0.441 e. The molecule has 1 amide bonds. The van der Waals surface area contributed by atoms with Crippen LogP contribution in [0.4, 0.5) is 0 Å². The van der Waals surface area contributed by atoms with E-state index in [1.165, 1.54) is 0 Å². The van der Waals surface area contributed by atoms with Crippen LogP contribution in [0.1, 0.15) is 34.3 Å². The molecule has 0 saturated carbocycles. The third-order valence-corrected chi connectivity index (χ3v) is 5.51. The molecule has 1 aromatic heterocycles. The van der Waals surface area contributed by atoms with Gasteiger partial charge in [0.2, 0.25) is 5.89 Å². The number of rotatable bonds is 6. The Hall–Kier alpha value is -2.73. The molecule has 3 aromatic rings. The van der Waals surface area contributed by atoms with Crippen LogP contribution < -0.4 is 5.32 Å². The van der Waals surface area contributed by atoms with E-state index in [1.807, 2.05) is 45.0 Å². The highest BCUT2D eigenvalue weighted by molar-refractivity contribution is 7.84. The van der Waals surface area contributed by atoms with E-state index < -0.39 is 10.8 Å². The predicted molar refractivity (Wildman–Crippen MR) is 106 cm³/mol. The molecule has 1 heterocycles. The van der Waals surface area contributed by atoms with Gasteiger partial charge >= 0.3 is 0 Å². The molecule has 0 radical (unpaired) electrons. The van der Waals surface area contributed by atoms with Crippen LogP contribution in [-0.2, 0) is 16.6 Å². The minimum absolute atomic E-state index is 0.109. The van der Waals surface area contributed by atoms with Gasteiger partial charge < -0.3 is 9.73 Å². The van der Waals surface area contributed by atoms with Gasteiger partial charge in [-0.2, -0.15) is 0 Å². The highest BCUT2D eigenvalue weighted by atomic mass is 32.2. The number of aryl methyl sites for hydroxylation is 2. The van der Waals surface area contributed by atoms with E-state index in [4.69, 9.17) is 4.42 Å². The Morgan fingerprint density at radius 2 is 1.74 bits per heavy atom. The van der Waals surface area contributed by atoms with E-state index in [1.54, 1.807) is 24.3 Å². The maximum absolute atomic E-state index is 12.6. The molecule has 0 fully saturated rings. The Morgan fingerprint density at radius 3 is 2.37 bits per heavy atom. The zero-order chi connectivity index (χ0) is 19.4. The van der Waals surface area contributed by atoms with Crippen LogP contribution in [0.15, 0.2) is 57.8 Å². The second-order valence-corrected chi connectivity index (χ2v) is 7.71. The molecule has 140 valence electrons. The van der Waals surface area contributed by atoms with Crippen molar-refractivity contribution in [3.8, 4) is 11.5 Å². The van der Waals surface area contributed by atoms with Crippen LogP contribution >= 0.6 is 0 Å². The number of nitrogens with zero attached hydrogens (tertiary/aromatic N) is 1. The molecule has 5 nitrogen and oxygen atoms in total. The van der Waals surface area contributed by atoms with E-state index in [0.29, 0.717) is 35.2 Å². The molecular formula is C21H22N2O3S. The van der Waals surface area contributed by atoms with Gasteiger partial charge in [0.25, 0.3) is 5.91 Å². The molecule has 0 bridgehead atoms. The molecule has 0 spiro atoms. The highest BCUT2D eigenvalue weighted by Gasteiger charge is 2.15. The van der Waals surface area contributed by atoms with Gasteiger partial charge in [-0.1, -0.05) is 17.7 Å². The quantitative estimate of drug-likeness (QED) is 0.699. The van der Waals surface area contributed by atoms with Crippen molar-refractivity contribution in [3.63, 3.8) is 0 Å². The third-order valence-electron chi connectivity index (χ3n) is 4.18. The van der Waals surface area contributed by atoms with E-state index in [9.17, 15) is 9.00 Å². The van der Waals surface area contributed by atoms with Gasteiger partial charge in [-0.25, -0.2) is 4.98 Å². The topological polar surface area (TPSA) is 72.2 Å². The fraction of sp³-hybridized carbons (Fsp3) is 0.238. The lowest BCUT2D eigenvalue weighted by molar-refractivity contribution is 0.0956. The molecule has 6 heteroatoms.